The summed E-state index contributed by atoms with van der Waals surface area (Å²) in [4.78, 5) is 0. The van der Waals surface area contributed by atoms with Crippen molar-refractivity contribution in [2.45, 2.75) is 30.9 Å². The van der Waals surface area contributed by atoms with Gasteiger partial charge in [0.2, 0.25) is 5.95 Å². The molecule has 0 unspecified atom stereocenters. The number of hydrogen-bond donors (Lipinski definition) is 1. The zero-order chi connectivity index (χ0) is 14.8. The number of aromatic nitrogens is 4. The minimum absolute atomic E-state index is 0.0611. The predicted octanol–water partition coefficient (Wildman–Crippen LogP) is 2.13. The van der Waals surface area contributed by atoms with Crippen LogP contribution in [0.4, 0.5) is 5.95 Å². The molecule has 1 aromatic carbocycles. The Bertz CT molecular complexity index is 626. The first-order chi connectivity index (χ1) is 10.8. The van der Waals surface area contributed by atoms with Gasteiger partial charge >= 0.3 is 0 Å². The number of anilines is 1. The summed E-state index contributed by atoms with van der Waals surface area (Å²) >= 11 is 1.99. The highest BCUT2D eigenvalue weighted by atomic mass is 32.2. The monoisotopic (exact) mass is 317 g/mol. The fourth-order valence-corrected chi connectivity index (χ4v) is 4.60. The van der Waals surface area contributed by atoms with E-state index in [0.717, 1.165) is 37.3 Å². The lowest BCUT2D eigenvalue weighted by molar-refractivity contribution is -0.0629. The highest BCUT2D eigenvalue weighted by Gasteiger charge is 2.40. The van der Waals surface area contributed by atoms with Gasteiger partial charge in [-0.15, -0.1) is 0 Å². The maximum absolute atomic E-state index is 6.07. The lowest BCUT2D eigenvalue weighted by Crippen LogP contribution is -2.44. The van der Waals surface area contributed by atoms with Gasteiger partial charge in [-0.1, -0.05) is 23.3 Å². The Labute approximate surface area is 133 Å². The Morgan fingerprint density at radius 3 is 3.05 bits per heavy atom. The van der Waals surface area contributed by atoms with E-state index in [1.165, 1.54) is 5.75 Å². The number of rotatable bonds is 3. The van der Waals surface area contributed by atoms with Crippen LogP contribution in [0.3, 0.4) is 0 Å². The molecule has 0 bridgehead atoms. The van der Waals surface area contributed by atoms with Gasteiger partial charge in [0.15, 0.2) is 0 Å². The first-order valence-electron chi connectivity index (χ1n) is 7.67. The molecule has 116 valence electrons. The predicted molar refractivity (Wildman–Crippen MR) is 86.4 cm³/mol. The standard InChI is InChI=1S/C15H19N5OS/c1-2-4-13(5-3-1)20-14(17-18-19-20)16-12-6-8-21-15(10-12)7-9-22-11-15/h1-5,12H,6-11H2,(H,16,17,19)/t12-,15-/m0/s1. The normalized spacial score (nSPS) is 28.1. The van der Waals surface area contributed by atoms with Gasteiger partial charge in [-0.2, -0.15) is 16.4 Å². The van der Waals surface area contributed by atoms with Gasteiger partial charge in [0.1, 0.15) is 0 Å². The van der Waals surface area contributed by atoms with Crippen molar-refractivity contribution in [3.05, 3.63) is 30.3 Å². The number of benzene rings is 1. The van der Waals surface area contributed by atoms with Crippen LogP contribution in [0.5, 0.6) is 0 Å². The highest BCUT2D eigenvalue weighted by molar-refractivity contribution is 7.99. The average molecular weight is 317 g/mol. The van der Waals surface area contributed by atoms with E-state index in [0.29, 0.717) is 12.0 Å². The lowest BCUT2D eigenvalue weighted by atomic mass is 9.90. The molecule has 2 aliphatic rings. The van der Waals surface area contributed by atoms with E-state index in [9.17, 15) is 0 Å². The molecule has 3 heterocycles. The van der Waals surface area contributed by atoms with Crippen molar-refractivity contribution in [3.8, 4) is 5.69 Å². The number of nitrogens with zero attached hydrogens (tertiary/aromatic N) is 4. The second-order valence-corrected chi connectivity index (χ2v) is 7.02. The highest BCUT2D eigenvalue weighted by Crippen LogP contribution is 2.38. The van der Waals surface area contributed by atoms with Crippen LogP contribution in [0.2, 0.25) is 0 Å². The fraction of sp³-hybridized carbons (Fsp3) is 0.533. The number of tetrazole rings is 1. The molecular weight excluding hydrogens is 298 g/mol. The SMILES string of the molecule is c1ccc(-n2nnnc2N[C@H]2CCO[C@@]3(CCSC3)C2)cc1. The maximum atomic E-state index is 6.07. The van der Waals surface area contributed by atoms with E-state index in [4.69, 9.17) is 4.74 Å². The second kappa shape index (κ2) is 5.89. The maximum Gasteiger partial charge on any atom is 0.247 e. The molecular formula is C15H19N5OS. The fourth-order valence-electron chi connectivity index (χ4n) is 3.22. The molecule has 0 radical (unpaired) electrons. The lowest BCUT2D eigenvalue weighted by Gasteiger charge is -2.38. The molecule has 1 spiro atoms. The summed E-state index contributed by atoms with van der Waals surface area (Å²) in [5.41, 5.74) is 1.03. The molecule has 2 saturated heterocycles. The van der Waals surface area contributed by atoms with Gasteiger partial charge in [0.05, 0.1) is 11.3 Å². The number of nitrogens with one attached hydrogen (secondary N) is 1. The number of hydrogen-bond acceptors (Lipinski definition) is 6. The van der Waals surface area contributed by atoms with Gasteiger partial charge in [-0.25, -0.2) is 0 Å². The third-order valence-corrected chi connectivity index (χ3v) is 5.59. The van der Waals surface area contributed by atoms with Gasteiger partial charge in [-0.3, -0.25) is 0 Å². The second-order valence-electron chi connectivity index (χ2n) is 5.92. The van der Waals surface area contributed by atoms with Crippen LogP contribution in [0.1, 0.15) is 19.3 Å². The molecule has 2 aliphatic heterocycles. The Morgan fingerprint density at radius 2 is 2.23 bits per heavy atom. The Morgan fingerprint density at radius 1 is 1.32 bits per heavy atom. The Hall–Kier alpha value is -1.60. The van der Waals surface area contributed by atoms with Gasteiger partial charge in [0, 0.05) is 18.4 Å². The van der Waals surface area contributed by atoms with Crippen molar-refractivity contribution in [1.82, 2.24) is 20.2 Å². The summed E-state index contributed by atoms with van der Waals surface area (Å²) in [6.07, 6.45) is 3.18. The zero-order valence-corrected chi connectivity index (χ0v) is 13.1. The molecule has 22 heavy (non-hydrogen) atoms. The molecule has 1 N–H and O–H groups in total. The summed E-state index contributed by atoms with van der Waals surface area (Å²) in [5.74, 6) is 3.02. The van der Waals surface area contributed by atoms with Crippen LogP contribution in [0.15, 0.2) is 30.3 Å². The van der Waals surface area contributed by atoms with Crippen LogP contribution >= 0.6 is 11.8 Å². The first-order valence-corrected chi connectivity index (χ1v) is 8.82. The topological polar surface area (TPSA) is 64.9 Å². The third-order valence-electron chi connectivity index (χ3n) is 4.36. The first kappa shape index (κ1) is 14.0. The number of para-hydroxylation sites is 1. The minimum atomic E-state index is 0.0611. The summed E-state index contributed by atoms with van der Waals surface area (Å²) in [5, 5.41) is 15.6. The van der Waals surface area contributed by atoms with E-state index in [-0.39, 0.29) is 5.60 Å². The van der Waals surface area contributed by atoms with Crippen molar-refractivity contribution in [3.63, 3.8) is 0 Å². The molecule has 0 amide bonds. The van der Waals surface area contributed by atoms with Crippen molar-refractivity contribution >= 4 is 17.7 Å². The summed E-state index contributed by atoms with van der Waals surface area (Å²) in [7, 11) is 0. The van der Waals surface area contributed by atoms with E-state index in [1.54, 1.807) is 4.68 Å². The summed E-state index contributed by atoms with van der Waals surface area (Å²) in [6.45, 7) is 0.811. The summed E-state index contributed by atoms with van der Waals surface area (Å²) in [6, 6.07) is 10.3. The molecule has 0 saturated carbocycles. The van der Waals surface area contributed by atoms with Crippen LogP contribution in [-0.4, -0.2) is 50.0 Å². The van der Waals surface area contributed by atoms with Crippen LogP contribution in [0, 0.1) is 0 Å². The molecule has 0 aliphatic carbocycles. The molecule has 7 heteroatoms. The van der Waals surface area contributed by atoms with E-state index < -0.39 is 0 Å². The Balaban J connectivity index is 1.51. The Kier molecular flexibility index (Phi) is 3.75. The number of thioether (sulfide) groups is 1. The van der Waals surface area contributed by atoms with Crippen LogP contribution < -0.4 is 5.32 Å². The molecule has 1 aromatic heterocycles. The van der Waals surface area contributed by atoms with Gasteiger partial charge < -0.3 is 10.1 Å². The van der Waals surface area contributed by atoms with Crippen molar-refractivity contribution in [1.29, 1.82) is 0 Å². The molecule has 4 rings (SSSR count). The quantitative estimate of drug-likeness (QED) is 0.935. The van der Waals surface area contributed by atoms with Crippen molar-refractivity contribution < 1.29 is 4.74 Å². The van der Waals surface area contributed by atoms with Gasteiger partial charge in [-0.05, 0) is 47.6 Å². The molecule has 2 aromatic rings. The average Bonchev–Trinajstić information content (AvgIpc) is 3.18. The van der Waals surface area contributed by atoms with Crippen LogP contribution in [0.25, 0.3) is 5.69 Å². The summed E-state index contributed by atoms with van der Waals surface area (Å²) < 4.78 is 7.83. The zero-order valence-electron chi connectivity index (χ0n) is 12.3. The van der Waals surface area contributed by atoms with E-state index >= 15 is 0 Å². The third kappa shape index (κ3) is 2.70. The van der Waals surface area contributed by atoms with Crippen LogP contribution in [-0.2, 0) is 4.74 Å². The van der Waals surface area contributed by atoms with E-state index in [2.05, 4.69) is 20.8 Å². The minimum Gasteiger partial charge on any atom is -0.374 e. The smallest absolute Gasteiger partial charge is 0.247 e. The van der Waals surface area contributed by atoms with E-state index in [1.807, 2.05) is 42.1 Å². The van der Waals surface area contributed by atoms with Gasteiger partial charge in [0.25, 0.3) is 0 Å². The van der Waals surface area contributed by atoms with Crippen molar-refractivity contribution in [2.75, 3.05) is 23.4 Å². The molecule has 6 nitrogen and oxygen atoms in total. The largest absolute Gasteiger partial charge is 0.374 e. The molecule has 2 fully saturated rings. The molecule has 2 atom stereocenters. The number of ether oxygens (including phenoxy) is 1. The van der Waals surface area contributed by atoms with Crippen molar-refractivity contribution in [2.24, 2.45) is 0 Å².